The monoisotopic (exact) mass is 391 g/mol. The van der Waals surface area contributed by atoms with E-state index < -0.39 is 23.7 Å². The molecule has 2 saturated carbocycles. The second-order valence-corrected chi connectivity index (χ2v) is 8.44. The average molecular weight is 391 g/mol. The van der Waals surface area contributed by atoms with Crippen LogP contribution in [0.4, 0.5) is 4.39 Å². The maximum absolute atomic E-state index is 13.3. The molecule has 0 aromatic heterocycles. The van der Waals surface area contributed by atoms with Crippen LogP contribution in [0.5, 0.6) is 5.75 Å². The van der Waals surface area contributed by atoms with Crippen molar-refractivity contribution in [1.29, 1.82) is 0 Å². The molecule has 1 aliphatic heterocycles. The van der Waals surface area contributed by atoms with Gasteiger partial charge < -0.3 is 26.2 Å². The Kier molecular flexibility index (Phi) is 4.79. The van der Waals surface area contributed by atoms with E-state index in [9.17, 15) is 24.2 Å². The number of phenols is 1. The molecule has 1 aromatic rings. The van der Waals surface area contributed by atoms with Gasteiger partial charge in [-0.15, -0.1) is 0 Å². The van der Waals surface area contributed by atoms with Crippen molar-refractivity contribution in [2.75, 3.05) is 13.1 Å². The molecule has 4 rings (SSSR count). The number of nitrogens with one attached hydrogen (secondary N) is 1. The van der Waals surface area contributed by atoms with Gasteiger partial charge in [-0.2, -0.15) is 0 Å². The lowest BCUT2D eigenvalue weighted by Crippen LogP contribution is -2.59. The number of amides is 2. The number of phenolic OH excluding ortho intramolecular Hbond substituents is 1. The van der Waals surface area contributed by atoms with Crippen molar-refractivity contribution < 1.29 is 24.2 Å². The second-order valence-electron chi connectivity index (χ2n) is 8.44. The van der Waals surface area contributed by atoms with Gasteiger partial charge in [-0.3, -0.25) is 9.59 Å². The third-order valence-electron chi connectivity index (χ3n) is 6.59. The first-order valence-electron chi connectivity index (χ1n) is 9.79. The Morgan fingerprint density at radius 3 is 2.57 bits per heavy atom. The quantitative estimate of drug-likeness (QED) is 0.597. The van der Waals surface area contributed by atoms with E-state index in [0.717, 1.165) is 25.0 Å². The zero-order chi connectivity index (χ0) is 20.2. The van der Waals surface area contributed by atoms with E-state index in [-0.39, 0.29) is 53.6 Å². The smallest absolute Gasteiger partial charge is 0.254 e. The van der Waals surface area contributed by atoms with Crippen LogP contribution in [0, 0.1) is 29.5 Å². The predicted octanol–water partition coefficient (Wildman–Crippen LogP) is 0.452. The third-order valence-corrected chi connectivity index (χ3v) is 6.59. The lowest BCUT2D eigenvalue weighted by Gasteiger charge is -2.43. The number of nitrogens with two attached hydrogens (primary N) is 1. The number of halogens is 1. The molecule has 0 unspecified atom stereocenters. The highest BCUT2D eigenvalue weighted by atomic mass is 19.1. The number of carbonyl (C=O) groups excluding carboxylic acids is 2. The lowest BCUT2D eigenvalue weighted by molar-refractivity contribution is -0.134. The summed E-state index contributed by atoms with van der Waals surface area (Å²) in [5, 5.41) is 23.3. The van der Waals surface area contributed by atoms with Gasteiger partial charge in [-0.1, -0.05) is 6.92 Å². The van der Waals surface area contributed by atoms with Gasteiger partial charge in [-0.25, -0.2) is 4.39 Å². The minimum atomic E-state index is -0.801. The van der Waals surface area contributed by atoms with Crippen molar-refractivity contribution in [3.8, 4) is 5.75 Å². The van der Waals surface area contributed by atoms with Crippen molar-refractivity contribution in [2.24, 2.45) is 29.4 Å². The molecule has 8 heteroatoms. The number of aliphatic hydroxyl groups excluding tert-OH is 1. The maximum Gasteiger partial charge on any atom is 0.254 e. The fourth-order valence-corrected chi connectivity index (χ4v) is 4.77. The Bertz CT molecular complexity index is 800. The average Bonchev–Trinajstić information content (AvgIpc) is 3.37. The Morgan fingerprint density at radius 2 is 1.93 bits per heavy atom. The number of carbonyl (C=O) groups is 2. The number of fused-ring (bicyclic) bond motifs is 1. The van der Waals surface area contributed by atoms with Crippen LogP contribution in [-0.4, -0.2) is 58.2 Å². The van der Waals surface area contributed by atoms with Gasteiger partial charge in [-0.05, 0) is 42.9 Å². The molecule has 28 heavy (non-hydrogen) atoms. The number of hydrogen-bond acceptors (Lipinski definition) is 5. The number of hydrogen-bond donors (Lipinski definition) is 4. The molecule has 1 saturated heterocycles. The molecule has 1 heterocycles. The van der Waals surface area contributed by atoms with E-state index in [1.807, 2.05) is 6.92 Å². The highest BCUT2D eigenvalue weighted by Crippen LogP contribution is 2.43. The summed E-state index contributed by atoms with van der Waals surface area (Å²) < 4.78 is 13.3. The third kappa shape index (κ3) is 3.24. The van der Waals surface area contributed by atoms with Gasteiger partial charge in [0.15, 0.2) is 11.6 Å². The molecule has 6 atom stereocenters. The summed E-state index contributed by atoms with van der Waals surface area (Å²) >= 11 is 0. The van der Waals surface area contributed by atoms with Crippen molar-refractivity contribution in [2.45, 2.75) is 38.0 Å². The van der Waals surface area contributed by atoms with Crippen molar-refractivity contribution >= 4 is 11.8 Å². The molecule has 0 radical (unpaired) electrons. The van der Waals surface area contributed by atoms with Crippen molar-refractivity contribution in [3.63, 3.8) is 0 Å². The number of benzene rings is 1. The summed E-state index contributed by atoms with van der Waals surface area (Å²) in [6, 6.07) is 3.15. The normalized spacial score (nSPS) is 34.8. The summed E-state index contributed by atoms with van der Waals surface area (Å²) in [5.74, 6) is -2.86. The van der Waals surface area contributed by atoms with E-state index in [4.69, 9.17) is 5.73 Å². The number of nitrogens with zero attached hydrogens (tertiary/aromatic N) is 1. The zero-order valence-corrected chi connectivity index (χ0v) is 15.7. The maximum atomic E-state index is 13.3. The molecule has 0 spiro atoms. The minimum Gasteiger partial charge on any atom is -0.505 e. The van der Waals surface area contributed by atoms with Gasteiger partial charge in [0.05, 0.1) is 6.10 Å². The van der Waals surface area contributed by atoms with Gasteiger partial charge in [0.2, 0.25) is 5.91 Å². The van der Waals surface area contributed by atoms with E-state index in [1.165, 1.54) is 6.07 Å². The molecular formula is C20H26FN3O4. The largest absolute Gasteiger partial charge is 0.505 e. The van der Waals surface area contributed by atoms with E-state index in [0.29, 0.717) is 6.54 Å². The number of rotatable bonds is 3. The van der Waals surface area contributed by atoms with Crippen LogP contribution in [0.2, 0.25) is 0 Å². The summed E-state index contributed by atoms with van der Waals surface area (Å²) in [7, 11) is 0. The number of aromatic hydroxyl groups is 1. The van der Waals surface area contributed by atoms with Crippen LogP contribution in [-0.2, 0) is 4.79 Å². The van der Waals surface area contributed by atoms with E-state index >= 15 is 0 Å². The highest BCUT2D eigenvalue weighted by molar-refractivity contribution is 5.95. The molecular weight excluding hydrogens is 365 g/mol. The van der Waals surface area contributed by atoms with Gasteiger partial charge >= 0.3 is 0 Å². The predicted molar refractivity (Wildman–Crippen MR) is 98.7 cm³/mol. The Balaban J connectivity index is 1.57. The zero-order valence-electron chi connectivity index (χ0n) is 15.7. The van der Waals surface area contributed by atoms with Crippen molar-refractivity contribution in [1.82, 2.24) is 10.2 Å². The number of likely N-dealkylation sites (tertiary alicyclic amines) is 1. The van der Waals surface area contributed by atoms with Gasteiger partial charge in [0.1, 0.15) is 0 Å². The Hall–Kier alpha value is -2.19. The summed E-state index contributed by atoms with van der Waals surface area (Å²) in [6.45, 7) is 2.47. The minimum absolute atomic E-state index is 0.0546. The van der Waals surface area contributed by atoms with Gasteiger partial charge in [0.25, 0.3) is 5.91 Å². The topological polar surface area (TPSA) is 116 Å². The lowest BCUT2D eigenvalue weighted by atomic mass is 9.64. The second kappa shape index (κ2) is 7.00. The molecule has 0 bridgehead atoms. The first-order chi connectivity index (χ1) is 13.3. The van der Waals surface area contributed by atoms with E-state index in [1.54, 1.807) is 4.90 Å². The summed E-state index contributed by atoms with van der Waals surface area (Å²) in [4.78, 5) is 27.3. The summed E-state index contributed by atoms with van der Waals surface area (Å²) in [6.07, 6.45) is 1.16. The van der Waals surface area contributed by atoms with Crippen LogP contribution in [0.25, 0.3) is 0 Å². The molecule has 5 N–H and O–H groups in total. The standard InChI is InChI=1S/C20H26FN3O4/c1-9-16(19(27)23-11-3-4-11)12-7-24(8-13(12)18(26)17(9)22)20(28)10-2-5-14(21)15(25)6-10/h2,5-6,9,11-13,16-18,25-26H,3-4,7-8,22H2,1H3,(H,23,27)/t9-,12+,13+,16+,17+,18+/m1/s1. The Morgan fingerprint density at radius 1 is 1.25 bits per heavy atom. The molecule has 3 aliphatic rings. The van der Waals surface area contributed by atoms with Crippen LogP contribution >= 0.6 is 0 Å². The van der Waals surface area contributed by atoms with Gasteiger partial charge in [0, 0.05) is 42.6 Å². The fraction of sp³-hybridized carbons (Fsp3) is 0.600. The Labute approximate surface area is 162 Å². The molecule has 2 amide bonds. The van der Waals surface area contributed by atoms with E-state index in [2.05, 4.69) is 5.32 Å². The van der Waals surface area contributed by atoms with Crippen LogP contribution < -0.4 is 11.1 Å². The number of aliphatic hydroxyl groups is 1. The SMILES string of the molecule is C[C@H]1[C@H](N)[C@@H](O)[C@H]2CN(C(=O)c3ccc(F)c(O)c3)C[C@@H]2[C@H]1C(=O)NC1CC1. The first kappa shape index (κ1) is 19.1. The molecule has 7 nitrogen and oxygen atoms in total. The van der Waals surface area contributed by atoms with Crippen LogP contribution in [0.15, 0.2) is 18.2 Å². The highest BCUT2D eigenvalue weighted by Gasteiger charge is 2.54. The molecule has 3 fully saturated rings. The van der Waals surface area contributed by atoms with Crippen molar-refractivity contribution in [3.05, 3.63) is 29.6 Å². The first-order valence-corrected chi connectivity index (χ1v) is 9.79. The van der Waals surface area contributed by atoms with Crippen LogP contribution in [0.1, 0.15) is 30.1 Å². The van der Waals surface area contributed by atoms with Crippen LogP contribution in [0.3, 0.4) is 0 Å². The molecule has 1 aromatic carbocycles. The summed E-state index contributed by atoms with van der Waals surface area (Å²) in [5.41, 5.74) is 6.38. The molecule has 152 valence electrons. The fourth-order valence-electron chi connectivity index (χ4n) is 4.77. The molecule has 2 aliphatic carbocycles.